The molecule has 1 unspecified atom stereocenters. The molecule has 18 heavy (non-hydrogen) atoms. The van der Waals surface area contributed by atoms with Crippen LogP contribution in [-0.2, 0) is 4.79 Å². The first kappa shape index (κ1) is 14.2. The highest BCUT2D eigenvalue weighted by molar-refractivity contribution is 5.96. The van der Waals surface area contributed by atoms with Gasteiger partial charge in [-0.3, -0.25) is 9.59 Å². The summed E-state index contributed by atoms with van der Waals surface area (Å²) < 4.78 is 0. The molecule has 5 N–H and O–H groups in total. The zero-order valence-corrected chi connectivity index (χ0v) is 10.7. The van der Waals surface area contributed by atoms with Gasteiger partial charge in [0.25, 0.3) is 0 Å². The highest BCUT2D eigenvalue weighted by atomic mass is 16.2. The zero-order chi connectivity index (χ0) is 13.7. The summed E-state index contributed by atoms with van der Waals surface area (Å²) in [5.74, 6) is -0.687. The SMILES string of the molecule is Cc1cc(C(N)=O)ccc1NC(=O)C(C)CCN. The first-order chi connectivity index (χ1) is 8.45. The highest BCUT2D eigenvalue weighted by Gasteiger charge is 2.13. The van der Waals surface area contributed by atoms with Crippen molar-refractivity contribution in [3.05, 3.63) is 29.3 Å². The number of carbonyl (C=O) groups excluding carboxylic acids is 2. The second-order valence-electron chi connectivity index (χ2n) is 4.36. The van der Waals surface area contributed by atoms with E-state index in [1.165, 1.54) is 0 Å². The third-order valence-electron chi connectivity index (χ3n) is 2.82. The third kappa shape index (κ3) is 3.56. The van der Waals surface area contributed by atoms with Crippen molar-refractivity contribution < 1.29 is 9.59 Å². The Kier molecular flexibility index (Phi) is 4.85. The van der Waals surface area contributed by atoms with E-state index < -0.39 is 5.91 Å². The molecule has 0 aliphatic carbocycles. The number of primary amides is 1. The largest absolute Gasteiger partial charge is 0.366 e. The van der Waals surface area contributed by atoms with Gasteiger partial charge in [-0.15, -0.1) is 0 Å². The van der Waals surface area contributed by atoms with E-state index in [0.29, 0.717) is 24.2 Å². The van der Waals surface area contributed by atoms with E-state index in [-0.39, 0.29) is 11.8 Å². The van der Waals surface area contributed by atoms with Gasteiger partial charge in [0.15, 0.2) is 0 Å². The number of hydrogen-bond acceptors (Lipinski definition) is 3. The molecule has 1 rings (SSSR count). The molecule has 0 aliphatic heterocycles. The molecule has 1 aromatic carbocycles. The van der Waals surface area contributed by atoms with Crippen LogP contribution < -0.4 is 16.8 Å². The van der Waals surface area contributed by atoms with Gasteiger partial charge >= 0.3 is 0 Å². The fraction of sp³-hybridized carbons (Fsp3) is 0.385. The standard InChI is InChI=1S/C13H19N3O2/c1-8(5-6-14)13(18)16-11-4-3-10(12(15)17)7-9(11)2/h3-4,7-8H,5-6,14H2,1-2H3,(H2,15,17)(H,16,18). The lowest BCUT2D eigenvalue weighted by molar-refractivity contribution is -0.119. The van der Waals surface area contributed by atoms with E-state index in [1.807, 2.05) is 13.8 Å². The summed E-state index contributed by atoms with van der Waals surface area (Å²) in [4.78, 5) is 22.8. The Morgan fingerprint density at radius 3 is 2.56 bits per heavy atom. The number of carbonyl (C=O) groups is 2. The number of rotatable bonds is 5. The van der Waals surface area contributed by atoms with Gasteiger partial charge in [-0.05, 0) is 43.7 Å². The maximum absolute atomic E-state index is 11.8. The van der Waals surface area contributed by atoms with Gasteiger partial charge < -0.3 is 16.8 Å². The molecule has 0 aliphatic rings. The van der Waals surface area contributed by atoms with E-state index in [2.05, 4.69) is 5.32 Å². The summed E-state index contributed by atoms with van der Waals surface area (Å²) in [5.41, 5.74) is 12.5. The van der Waals surface area contributed by atoms with Crippen LogP contribution in [0.2, 0.25) is 0 Å². The van der Waals surface area contributed by atoms with Crippen molar-refractivity contribution in [2.24, 2.45) is 17.4 Å². The fourth-order valence-corrected chi connectivity index (χ4v) is 1.59. The zero-order valence-electron chi connectivity index (χ0n) is 10.7. The van der Waals surface area contributed by atoms with Gasteiger partial charge in [-0.2, -0.15) is 0 Å². The van der Waals surface area contributed by atoms with Crippen molar-refractivity contribution in [1.29, 1.82) is 0 Å². The summed E-state index contributed by atoms with van der Waals surface area (Å²) >= 11 is 0. The van der Waals surface area contributed by atoms with Crippen molar-refractivity contribution in [3.8, 4) is 0 Å². The average molecular weight is 249 g/mol. The van der Waals surface area contributed by atoms with E-state index in [0.717, 1.165) is 5.56 Å². The van der Waals surface area contributed by atoms with Crippen LogP contribution in [0.15, 0.2) is 18.2 Å². The maximum Gasteiger partial charge on any atom is 0.248 e. The molecule has 2 amide bonds. The predicted molar refractivity (Wildman–Crippen MR) is 71.2 cm³/mol. The molecule has 0 radical (unpaired) electrons. The molecular formula is C13H19N3O2. The lowest BCUT2D eigenvalue weighted by Gasteiger charge is -2.13. The minimum Gasteiger partial charge on any atom is -0.366 e. The molecular weight excluding hydrogens is 230 g/mol. The lowest BCUT2D eigenvalue weighted by atomic mass is 10.1. The smallest absolute Gasteiger partial charge is 0.248 e. The van der Waals surface area contributed by atoms with Crippen LogP contribution >= 0.6 is 0 Å². The number of anilines is 1. The van der Waals surface area contributed by atoms with E-state index in [1.54, 1.807) is 18.2 Å². The lowest BCUT2D eigenvalue weighted by Crippen LogP contribution is -2.23. The molecule has 0 aromatic heterocycles. The minimum absolute atomic E-state index is 0.0737. The predicted octanol–water partition coefficient (Wildman–Crippen LogP) is 1.02. The number of amides is 2. The van der Waals surface area contributed by atoms with Crippen molar-refractivity contribution in [2.75, 3.05) is 11.9 Å². The van der Waals surface area contributed by atoms with Crippen LogP contribution in [0.3, 0.4) is 0 Å². The Balaban J connectivity index is 2.79. The second-order valence-corrected chi connectivity index (χ2v) is 4.36. The third-order valence-corrected chi connectivity index (χ3v) is 2.82. The first-order valence-corrected chi connectivity index (χ1v) is 5.87. The molecule has 0 saturated heterocycles. The van der Waals surface area contributed by atoms with Crippen LogP contribution in [0.25, 0.3) is 0 Å². The molecule has 0 fully saturated rings. The molecule has 0 heterocycles. The van der Waals surface area contributed by atoms with Gasteiger partial charge in [-0.25, -0.2) is 0 Å². The van der Waals surface area contributed by atoms with Gasteiger partial charge in [0.05, 0.1) is 0 Å². The van der Waals surface area contributed by atoms with Gasteiger partial charge in [0, 0.05) is 17.2 Å². The Morgan fingerprint density at radius 2 is 2.06 bits per heavy atom. The summed E-state index contributed by atoms with van der Waals surface area (Å²) in [6.07, 6.45) is 0.643. The number of aryl methyl sites for hydroxylation is 1. The van der Waals surface area contributed by atoms with Crippen LogP contribution in [0.4, 0.5) is 5.69 Å². The summed E-state index contributed by atoms with van der Waals surface area (Å²) in [7, 11) is 0. The van der Waals surface area contributed by atoms with Crippen molar-refractivity contribution in [3.63, 3.8) is 0 Å². The molecule has 0 bridgehead atoms. The normalized spacial score (nSPS) is 11.9. The van der Waals surface area contributed by atoms with Gasteiger partial charge in [0.1, 0.15) is 0 Å². The average Bonchev–Trinajstić information content (AvgIpc) is 2.31. The molecule has 0 spiro atoms. The topological polar surface area (TPSA) is 98.2 Å². The number of benzene rings is 1. The Hall–Kier alpha value is -1.88. The molecule has 5 nitrogen and oxygen atoms in total. The van der Waals surface area contributed by atoms with Crippen LogP contribution in [-0.4, -0.2) is 18.4 Å². The number of hydrogen-bond donors (Lipinski definition) is 3. The minimum atomic E-state index is -0.479. The monoisotopic (exact) mass is 249 g/mol. The van der Waals surface area contributed by atoms with Gasteiger partial charge in [0.2, 0.25) is 11.8 Å². The van der Waals surface area contributed by atoms with Crippen LogP contribution in [0.5, 0.6) is 0 Å². The Labute approximate surface area is 107 Å². The summed E-state index contributed by atoms with van der Waals surface area (Å²) in [5, 5.41) is 2.81. The Morgan fingerprint density at radius 1 is 1.39 bits per heavy atom. The molecule has 0 saturated carbocycles. The van der Waals surface area contributed by atoms with E-state index >= 15 is 0 Å². The number of nitrogens with two attached hydrogens (primary N) is 2. The molecule has 1 aromatic rings. The van der Waals surface area contributed by atoms with Crippen molar-refractivity contribution in [1.82, 2.24) is 0 Å². The highest BCUT2D eigenvalue weighted by Crippen LogP contribution is 2.17. The quantitative estimate of drug-likeness (QED) is 0.726. The molecule has 1 atom stereocenters. The van der Waals surface area contributed by atoms with Gasteiger partial charge in [-0.1, -0.05) is 6.92 Å². The summed E-state index contributed by atoms with van der Waals surface area (Å²) in [6.45, 7) is 4.12. The molecule has 98 valence electrons. The Bertz CT molecular complexity index is 458. The number of nitrogens with one attached hydrogen (secondary N) is 1. The second kappa shape index (κ2) is 6.16. The van der Waals surface area contributed by atoms with E-state index in [4.69, 9.17) is 11.5 Å². The van der Waals surface area contributed by atoms with Crippen molar-refractivity contribution in [2.45, 2.75) is 20.3 Å². The summed E-state index contributed by atoms with van der Waals surface area (Å²) in [6, 6.07) is 4.94. The first-order valence-electron chi connectivity index (χ1n) is 5.87. The maximum atomic E-state index is 11.8. The molecule has 5 heteroatoms. The van der Waals surface area contributed by atoms with Crippen molar-refractivity contribution >= 4 is 17.5 Å². The van der Waals surface area contributed by atoms with E-state index in [9.17, 15) is 9.59 Å². The van der Waals surface area contributed by atoms with Crippen LogP contribution in [0, 0.1) is 12.8 Å². The fourth-order valence-electron chi connectivity index (χ4n) is 1.59. The van der Waals surface area contributed by atoms with Crippen LogP contribution in [0.1, 0.15) is 29.3 Å².